The Morgan fingerprint density at radius 1 is 1.00 bits per heavy atom. The number of halogens is 1. The van der Waals surface area contributed by atoms with Crippen LogP contribution >= 0.6 is 11.6 Å². The van der Waals surface area contributed by atoms with Gasteiger partial charge in [-0.05, 0) is 85.5 Å². The van der Waals surface area contributed by atoms with Gasteiger partial charge in [0, 0.05) is 28.4 Å². The van der Waals surface area contributed by atoms with Crippen molar-refractivity contribution in [2.45, 2.75) is 39.5 Å². The highest BCUT2D eigenvalue weighted by atomic mass is 35.5. The van der Waals surface area contributed by atoms with Gasteiger partial charge in [0.25, 0.3) is 5.91 Å². The zero-order valence-corrected chi connectivity index (χ0v) is 25.2. The lowest BCUT2D eigenvalue weighted by Gasteiger charge is -2.12. The molecule has 0 aliphatic heterocycles. The number of aromatic nitrogens is 1. The van der Waals surface area contributed by atoms with E-state index in [1.807, 2.05) is 74.5 Å². The number of aromatic amines is 1. The van der Waals surface area contributed by atoms with Crippen molar-refractivity contribution in [3.63, 3.8) is 0 Å². The summed E-state index contributed by atoms with van der Waals surface area (Å²) < 4.78 is 33.7. The molecule has 3 aromatic carbocycles. The Labute approximate surface area is 250 Å². The van der Waals surface area contributed by atoms with Crippen LogP contribution < -0.4 is 14.8 Å². The third kappa shape index (κ3) is 6.79. The Bertz CT molecular complexity index is 1700. The van der Waals surface area contributed by atoms with Gasteiger partial charge >= 0.3 is 0 Å². The maximum atomic E-state index is 13.2. The standard InChI is InChI=1S/C32H34ClN3O5S/c1-20-16-25(17-21(2)29(20)33)41-14-7-11-27-26-10-5-6-12-28(26)35-30(27)32(38)36-42(39,40)15-13-34-31(37)24-18-22-8-3-4-9-23(22)19-24/h3-6,8-10,12,16-17,24,35H,7,11,13-15,18-19H2,1-2H3,(H,34,37)(H,36,38). The number of carbonyl (C=O) groups excluding carboxylic acids is 2. The first-order valence-electron chi connectivity index (χ1n) is 14.0. The first-order chi connectivity index (χ1) is 20.1. The molecule has 1 aromatic heterocycles. The summed E-state index contributed by atoms with van der Waals surface area (Å²) in [5.41, 5.74) is 5.83. The summed E-state index contributed by atoms with van der Waals surface area (Å²) in [6, 6.07) is 19.2. The number of rotatable bonds is 11. The Balaban J connectivity index is 1.18. The Hall–Kier alpha value is -3.82. The van der Waals surface area contributed by atoms with Gasteiger partial charge in [0.2, 0.25) is 15.9 Å². The monoisotopic (exact) mass is 607 g/mol. The molecule has 4 aromatic rings. The first-order valence-corrected chi connectivity index (χ1v) is 16.0. The van der Waals surface area contributed by atoms with E-state index in [9.17, 15) is 18.0 Å². The number of ether oxygens (including phenoxy) is 1. The van der Waals surface area contributed by atoms with Crippen LogP contribution in [0.4, 0.5) is 0 Å². The van der Waals surface area contributed by atoms with E-state index < -0.39 is 21.7 Å². The van der Waals surface area contributed by atoms with Crippen LogP contribution in [0.2, 0.25) is 5.02 Å². The molecule has 1 heterocycles. The van der Waals surface area contributed by atoms with E-state index in [0.29, 0.717) is 37.3 Å². The van der Waals surface area contributed by atoms with E-state index >= 15 is 0 Å². The largest absolute Gasteiger partial charge is 0.494 e. The lowest BCUT2D eigenvalue weighted by atomic mass is 10.1. The smallest absolute Gasteiger partial charge is 0.281 e. The normalized spacial score (nSPS) is 13.2. The lowest BCUT2D eigenvalue weighted by molar-refractivity contribution is -0.124. The number of aryl methyl sites for hydroxylation is 3. The van der Waals surface area contributed by atoms with E-state index in [1.54, 1.807) is 0 Å². The first kappa shape index (κ1) is 29.7. The molecule has 10 heteroatoms. The molecule has 0 atom stereocenters. The van der Waals surface area contributed by atoms with Crippen molar-refractivity contribution in [2.75, 3.05) is 18.9 Å². The third-order valence-corrected chi connectivity index (χ3v) is 9.46. The zero-order valence-electron chi connectivity index (χ0n) is 23.6. The summed E-state index contributed by atoms with van der Waals surface area (Å²) >= 11 is 6.25. The van der Waals surface area contributed by atoms with Crippen molar-refractivity contribution < 1.29 is 22.7 Å². The van der Waals surface area contributed by atoms with Crippen molar-refractivity contribution in [3.8, 4) is 5.75 Å². The molecule has 42 heavy (non-hydrogen) atoms. The van der Waals surface area contributed by atoms with Crippen LogP contribution in [0.1, 0.15) is 44.7 Å². The summed E-state index contributed by atoms with van der Waals surface area (Å²) in [5.74, 6) is -0.819. The molecule has 0 fully saturated rings. The van der Waals surface area contributed by atoms with Crippen molar-refractivity contribution in [2.24, 2.45) is 5.92 Å². The average Bonchev–Trinajstić information content (AvgIpc) is 3.56. The van der Waals surface area contributed by atoms with E-state index in [4.69, 9.17) is 16.3 Å². The molecule has 1 aliphatic carbocycles. The Kier molecular flexibility index (Phi) is 8.89. The van der Waals surface area contributed by atoms with Gasteiger partial charge in [-0.2, -0.15) is 0 Å². The van der Waals surface area contributed by atoms with E-state index in [-0.39, 0.29) is 24.1 Å². The summed E-state index contributed by atoms with van der Waals surface area (Å²) in [6.45, 7) is 4.17. The minimum absolute atomic E-state index is 0.0885. The minimum atomic E-state index is -4.00. The van der Waals surface area contributed by atoms with Crippen LogP contribution in [-0.2, 0) is 34.1 Å². The molecule has 0 saturated carbocycles. The van der Waals surface area contributed by atoms with Gasteiger partial charge in [-0.25, -0.2) is 13.1 Å². The number of carbonyl (C=O) groups is 2. The van der Waals surface area contributed by atoms with Crippen molar-refractivity contribution in [3.05, 3.63) is 99.2 Å². The third-order valence-electron chi connectivity index (χ3n) is 7.63. The van der Waals surface area contributed by atoms with Gasteiger partial charge in [0.1, 0.15) is 11.4 Å². The van der Waals surface area contributed by atoms with Gasteiger partial charge in [-0.3, -0.25) is 9.59 Å². The number of benzene rings is 3. The SMILES string of the molecule is Cc1cc(OCCCc2c(C(=O)NS(=O)(=O)CCNC(=O)C3Cc4ccccc4C3)[nH]c3ccccc23)cc(C)c1Cl. The molecular formula is C32H34ClN3O5S. The number of nitrogens with one attached hydrogen (secondary N) is 3. The molecule has 2 amide bonds. The molecule has 0 bridgehead atoms. The minimum Gasteiger partial charge on any atom is -0.494 e. The summed E-state index contributed by atoms with van der Waals surface area (Å²) in [4.78, 5) is 28.9. The molecule has 0 radical (unpaired) electrons. The van der Waals surface area contributed by atoms with E-state index in [2.05, 4.69) is 15.0 Å². The number of sulfonamides is 1. The number of para-hydroxylation sites is 1. The molecule has 3 N–H and O–H groups in total. The molecular weight excluding hydrogens is 574 g/mol. The van der Waals surface area contributed by atoms with Crippen LogP contribution in [0.5, 0.6) is 5.75 Å². The molecule has 0 spiro atoms. The number of H-pyrrole nitrogens is 1. The number of hydrogen-bond donors (Lipinski definition) is 3. The van der Waals surface area contributed by atoms with Crippen LogP contribution in [0.25, 0.3) is 10.9 Å². The molecule has 1 aliphatic rings. The van der Waals surface area contributed by atoms with E-state index in [1.165, 1.54) is 0 Å². The van der Waals surface area contributed by atoms with Gasteiger partial charge in [-0.15, -0.1) is 0 Å². The van der Waals surface area contributed by atoms with Crippen LogP contribution in [0.15, 0.2) is 60.7 Å². The number of amides is 2. The highest BCUT2D eigenvalue weighted by molar-refractivity contribution is 7.90. The van der Waals surface area contributed by atoms with Gasteiger partial charge < -0.3 is 15.0 Å². The second-order valence-electron chi connectivity index (χ2n) is 10.8. The van der Waals surface area contributed by atoms with Crippen molar-refractivity contribution >= 4 is 44.3 Å². The number of fused-ring (bicyclic) bond motifs is 2. The highest BCUT2D eigenvalue weighted by Gasteiger charge is 2.27. The maximum absolute atomic E-state index is 13.2. The number of hydrogen-bond acceptors (Lipinski definition) is 5. The predicted molar refractivity (Wildman–Crippen MR) is 165 cm³/mol. The quantitative estimate of drug-likeness (QED) is 0.207. The van der Waals surface area contributed by atoms with Gasteiger partial charge in [-0.1, -0.05) is 54.1 Å². The van der Waals surface area contributed by atoms with E-state index in [0.717, 1.165) is 44.5 Å². The summed E-state index contributed by atoms with van der Waals surface area (Å²) in [7, 11) is -4.00. The van der Waals surface area contributed by atoms with Crippen molar-refractivity contribution in [1.82, 2.24) is 15.0 Å². The summed E-state index contributed by atoms with van der Waals surface area (Å²) in [5, 5.41) is 4.29. The maximum Gasteiger partial charge on any atom is 0.281 e. The molecule has 220 valence electrons. The van der Waals surface area contributed by atoms with Crippen LogP contribution in [-0.4, -0.2) is 44.1 Å². The second kappa shape index (κ2) is 12.6. The lowest BCUT2D eigenvalue weighted by Crippen LogP contribution is -2.39. The fourth-order valence-electron chi connectivity index (χ4n) is 5.52. The fraction of sp³-hybridized carbons (Fsp3) is 0.312. The average molecular weight is 608 g/mol. The van der Waals surface area contributed by atoms with Crippen molar-refractivity contribution in [1.29, 1.82) is 0 Å². The second-order valence-corrected chi connectivity index (χ2v) is 13.0. The van der Waals surface area contributed by atoms with Crippen LogP contribution in [0, 0.1) is 19.8 Å². The molecule has 0 unspecified atom stereocenters. The van der Waals surface area contributed by atoms with Gasteiger partial charge in [0.05, 0.1) is 12.4 Å². The Morgan fingerprint density at radius 2 is 1.64 bits per heavy atom. The zero-order chi connectivity index (χ0) is 29.9. The topological polar surface area (TPSA) is 117 Å². The Morgan fingerprint density at radius 3 is 2.33 bits per heavy atom. The molecule has 8 nitrogen and oxygen atoms in total. The van der Waals surface area contributed by atoms with Crippen LogP contribution in [0.3, 0.4) is 0 Å². The molecule has 5 rings (SSSR count). The predicted octanol–water partition coefficient (Wildman–Crippen LogP) is 5.04. The summed E-state index contributed by atoms with van der Waals surface area (Å²) in [6.07, 6.45) is 2.38. The molecule has 0 saturated heterocycles. The highest BCUT2D eigenvalue weighted by Crippen LogP contribution is 2.28. The van der Waals surface area contributed by atoms with Gasteiger partial charge in [0.15, 0.2) is 0 Å². The fourth-order valence-corrected chi connectivity index (χ4v) is 6.49.